The molecule has 1 N–H and O–H groups in total. The van der Waals surface area contributed by atoms with E-state index in [9.17, 15) is 8.42 Å². The van der Waals surface area contributed by atoms with Crippen LogP contribution >= 0.6 is 0 Å². The highest BCUT2D eigenvalue weighted by Crippen LogP contribution is 2.33. The second-order valence-electron chi connectivity index (χ2n) is 6.38. The van der Waals surface area contributed by atoms with Gasteiger partial charge in [-0.2, -0.15) is 0 Å². The molecule has 0 aliphatic carbocycles. The zero-order valence-corrected chi connectivity index (χ0v) is 16.1. The van der Waals surface area contributed by atoms with E-state index in [1.165, 1.54) is 0 Å². The Morgan fingerprint density at radius 3 is 1.93 bits per heavy atom. The van der Waals surface area contributed by atoms with Gasteiger partial charge >= 0.3 is 0 Å². The van der Waals surface area contributed by atoms with Crippen LogP contribution in [0.25, 0.3) is 10.4 Å². The first kappa shape index (κ1) is 19.6. The van der Waals surface area contributed by atoms with Crippen LogP contribution in [0.3, 0.4) is 0 Å². The van der Waals surface area contributed by atoms with Gasteiger partial charge in [-0.25, -0.2) is 13.1 Å². The summed E-state index contributed by atoms with van der Waals surface area (Å²) in [5.74, 6) is 0. The highest BCUT2D eigenvalue weighted by molar-refractivity contribution is 7.89. The summed E-state index contributed by atoms with van der Waals surface area (Å²) in [6.07, 6.45) is 0. The molecule has 0 unspecified atom stereocenters. The minimum absolute atomic E-state index is 0.159. The maximum Gasteiger partial charge on any atom is 0.241 e. The lowest BCUT2D eigenvalue weighted by atomic mass is 9.95. The van der Waals surface area contributed by atoms with Gasteiger partial charge in [-0.1, -0.05) is 83.5 Å². The van der Waals surface area contributed by atoms with Crippen LogP contribution in [0, 0.1) is 6.92 Å². The second-order valence-corrected chi connectivity index (χ2v) is 8.10. The first-order valence-corrected chi connectivity index (χ1v) is 10.2. The van der Waals surface area contributed by atoms with E-state index in [1.54, 1.807) is 24.3 Å². The monoisotopic (exact) mass is 392 g/mol. The van der Waals surface area contributed by atoms with Crippen molar-refractivity contribution in [2.75, 3.05) is 0 Å². The summed E-state index contributed by atoms with van der Waals surface area (Å²) in [5, 5.41) is 3.92. The lowest BCUT2D eigenvalue weighted by Crippen LogP contribution is -2.32. The molecule has 142 valence electrons. The Morgan fingerprint density at radius 1 is 0.857 bits per heavy atom. The first-order valence-electron chi connectivity index (χ1n) is 8.74. The van der Waals surface area contributed by atoms with Crippen LogP contribution in [0.2, 0.25) is 0 Å². The molecule has 28 heavy (non-hydrogen) atoms. The van der Waals surface area contributed by atoms with Gasteiger partial charge < -0.3 is 0 Å². The summed E-state index contributed by atoms with van der Waals surface area (Å²) in [4.78, 5) is 3.12. The molecule has 0 heterocycles. The van der Waals surface area contributed by atoms with E-state index < -0.39 is 22.1 Å². The molecular weight excluding hydrogens is 372 g/mol. The molecule has 3 rings (SSSR count). The molecule has 0 amide bonds. The maximum absolute atomic E-state index is 13.0. The Kier molecular flexibility index (Phi) is 6.11. The molecule has 7 heteroatoms. The third-order valence-electron chi connectivity index (χ3n) is 4.40. The molecule has 0 aliphatic rings. The zero-order valence-electron chi connectivity index (χ0n) is 15.3. The molecule has 0 aliphatic heterocycles. The number of hydrogen-bond donors (Lipinski definition) is 1. The maximum atomic E-state index is 13.0. The molecule has 0 saturated heterocycles. The van der Waals surface area contributed by atoms with E-state index in [-0.39, 0.29) is 4.90 Å². The summed E-state index contributed by atoms with van der Waals surface area (Å²) in [6, 6.07) is 23.3. The van der Waals surface area contributed by atoms with Crippen LogP contribution in [0.5, 0.6) is 0 Å². The van der Waals surface area contributed by atoms with Gasteiger partial charge in [-0.3, -0.25) is 0 Å². The number of benzene rings is 3. The van der Waals surface area contributed by atoms with Gasteiger partial charge in [0.25, 0.3) is 0 Å². The Labute approximate surface area is 164 Å². The predicted octanol–water partition coefficient (Wildman–Crippen LogP) is 5.07. The summed E-state index contributed by atoms with van der Waals surface area (Å²) < 4.78 is 28.8. The van der Waals surface area contributed by atoms with Gasteiger partial charge in [-0.05, 0) is 35.7 Å². The fourth-order valence-electron chi connectivity index (χ4n) is 2.96. The highest BCUT2D eigenvalue weighted by atomic mass is 32.2. The van der Waals surface area contributed by atoms with Gasteiger partial charge in [0.2, 0.25) is 10.0 Å². The van der Waals surface area contributed by atoms with Gasteiger partial charge in [0.15, 0.2) is 0 Å². The third kappa shape index (κ3) is 4.58. The topological polar surface area (TPSA) is 94.9 Å². The molecular formula is C21H20N4O2S. The molecule has 0 fully saturated rings. The number of azide groups is 1. The summed E-state index contributed by atoms with van der Waals surface area (Å²) >= 11 is 0. The van der Waals surface area contributed by atoms with Crippen molar-refractivity contribution in [3.63, 3.8) is 0 Å². The normalized spacial score (nSPS) is 13.3. The van der Waals surface area contributed by atoms with Gasteiger partial charge in [-0.15, -0.1) is 0 Å². The highest BCUT2D eigenvalue weighted by Gasteiger charge is 2.29. The fourth-order valence-corrected chi connectivity index (χ4v) is 4.19. The summed E-state index contributed by atoms with van der Waals surface area (Å²) in [7, 11) is -3.83. The SMILES string of the molecule is Cc1ccc(S(=O)(=O)N[C@H](c2ccccc2)[C@@H](N=[N+]=[N-])c2ccccc2)cc1. The quantitative estimate of drug-likeness (QED) is 0.345. The number of sulfonamides is 1. The molecule has 0 aromatic heterocycles. The van der Waals surface area contributed by atoms with Crippen LogP contribution in [-0.4, -0.2) is 8.42 Å². The Hall–Kier alpha value is -3.12. The Bertz CT molecular complexity index is 1060. The van der Waals surface area contributed by atoms with Gasteiger partial charge in [0.1, 0.15) is 0 Å². The summed E-state index contributed by atoms with van der Waals surface area (Å²) in [5.41, 5.74) is 11.5. The van der Waals surface area contributed by atoms with Crippen molar-refractivity contribution in [1.82, 2.24) is 4.72 Å². The second kappa shape index (κ2) is 8.71. The van der Waals surface area contributed by atoms with Crippen LogP contribution in [0.4, 0.5) is 0 Å². The molecule has 0 spiro atoms. The van der Waals surface area contributed by atoms with E-state index in [1.807, 2.05) is 67.6 Å². The molecule has 3 aromatic carbocycles. The smallest absolute Gasteiger partial charge is 0.207 e. The van der Waals surface area contributed by atoms with Crippen molar-refractivity contribution >= 4 is 10.0 Å². The number of nitrogens with one attached hydrogen (secondary N) is 1. The summed E-state index contributed by atoms with van der Waals surface area (Å²) in [6.45, 7) is 1.89. The number of rotatable bonds is 7. The van der Waals surface area contributed by atoms with Crippen LogP contribution in [0.1, 0.15) is 28.8 Å². The number of nitrogens with zero attached hydrogens (tertiary/aromatic N) is 3. The van der Waals surface area contributed by atoms with Crippen molar-refractivity contribution in [2.24, 2.45) is 5.11 Å². The van der Waals surface area contributed by atoms with Crippen molar-refractivity contribution < 1.29 is 8.42 Å². The number of hydrogen-bond acceptors (Lipinski definition) is 3. The molecule has 0 saturated carbocycles. The van der Waals surface area contributed by atoms with E-state index in [2.05, 4.69) is 14.7 Å². The lowest BCUT2D eigenvalue weighted by molar-refractivity contribution is 0.503. The van der Waals surface area contributed by atoms with E-state index in [4.69, 9.17) is 5.53 Å². The van der Waals surface area contributed by atoms with Crippen LogP contribution < -0.4 is 4.72 Å². The van der Waals surface area contributed by atoms with Crippen molar-refractivity contribution in [3.8, 4) is 0 Å². The van der Waals surface area contributed by atoms with E-state index in [0.717, 1.165) is 11.1 Å². The van der Waals surface area contributed by atoms with Gasteiger partial charge in [0, 0.05) is 4.91 Å². The fraction of sp³-hybridized carbons (Fsp3) is 0.143. The van der Waals surface area contributed by atoms with Crippen molar-refractivity contribution in [3.05, 3.63) is 112 Å². The molecule has 3 aromatic rings. The molecule has 0 bridgehead atoms. The van der Waals surface area contributed by atoms with Gasteiger partial charge in [0.05, 0.1) is 17.0 Å². The largest absolute Gasteiger partial charge is 0.241 e. The van der Waals surface area contributed by atoms with Crippen molar-refractivity contribution in [1.29, 1.82) is 0 Å². The Morgan fingerprint density at radius 2 is 1.39 bits per heavy atom. The van der Waals surface area contributed by atoms with Crippen LogP contribution in [0.15, 0.2) is 94.9 Å². The van der Waals surface area contributed by atoms with E-state index in [0.29, 0.717) is 5.56 Å². The standard InChI is InChI=1S/C21H20N4O2S/c1-16-12-14-19(15-13-16)28(26,27)24-21(18-10-6-3-7-11-18)20(23-25-22)17-8-4-2-5-9-17/h2-15,20-21,24H,1H3/t20-,21+/m0/s1. The molecule has 0 radical (unpaired) electrons. The minimum atomic E-state index is -3.83. The van der Waals surface area contributed by atoms with E-state index >= 15 is 0 Å². The first-order chi connectivity index (χ1) is 13.5. The number of aryl methyl sites for hydroxylation is 1. The van der Waals surface area contributed by atoms with Crippen molar-refractivity contribution in [2.45, 2.75) is 23.9 Å². The third-order valence-corrected chi connectivity index (χ3v) is 5.86. The minimum Gasteiger partial charge on any atom is -0.207 e. The average molecular weight is 392 g/mol. The average Bonchev–Trinajstić information content (AvgIpc) is 2.72. The molecule has 2 atom stereocenters. The Balaban J connectivity index is 2.07. The predicted molar refractivity (Wildman–Crippen MR) is 109 cm³/mol. The molecule has 6 nitrogen and oxygen atoms in total. The van der Waals surface area contributed by atoms with Crippen LogP contribution in [-0.2, 0) is 10.0 Å². The zero-order chi connectivity index (χ0) is 20.0. The lowest BCUT2D eigenvalue weighted by Gasteiger charge is -2.25.